The Morgan fingerprint density at radius 3 is 2.44 bits per heavy atom. The molecule has 5 heteroatoms. The zero-order valence-corrected chi connectivity index (χ0v) is 14.0. The summed E-state index contributed by atoms with van der Waals surface area (Å²) in [7, 11) is 0. The highest BCUT2D eigenvalue weighted by Gasteiger charge is 2.49. The lowest BCUT2D eigenvalue weighted by Gasteiger charge is -2.42. The summed E-state index contributed by atoms with van der Waals surface area (Å²) in [6.07, 6.45) is 1.82. The van der Waals surface area contributed by atoms with Crippen LogP contribution in [0.4, 0.5) is 0 Å². The Kier molecular flexibility index (Phi) is 3.81. The van der Waals surface area contributed by atoms with Gasteiger partial charge in [0, 0.05) is 17.7 Å². The summed E-state index contributed by atoms with van der Waals surface area (Å²) in [6.45, 7) is 2.34. The van der Waals surface area contributed by atoms with Gasteiger partial charge in [-0.25, -0.2) is 0 Å². The van der Waals surface area contributed by atoms with Crippen LogP contribution in [0.5, 0.6) is 0 Å². The van der Waals surface area contributed by atoms with Gasteiger partial charge in [0.05, 0.1) is 5.54 Å². The molecule has 2 aliphatic heterocycles. The number of carbonyl (C=O) groups excluding carboxylic acids is 2. The largest absolute Gasteiger partial charge is 0.366 e. The molecule has 1 spiro atoms. The van der Waals surface area contributed by atoms with Gasteiger partial charge in [0.15, 0.2) is 0 Å². The number of nitrogens with one attached hydrogen (secondary N) is 1. The number of nitrogens with zero attached hydrogens (tertiary/aromatic N) is 1. The molecule has 5 nitrogen and oxygen atoms in total. The van der Waals surface area contributed by atoms with E-state index in [4.69, 9.17) is 5.73 Å². The van der Waals surface area contributed by atoms with Crippen LogP contribution >= 0.6 is 0 Å². The molecular formula is C20H21N3O2. The van der Waals surface area contributed by atoms with Crippen LogP contribution in [0, 0.1) is 0 Å². The monoisotopic (exact) mass is 335 g/mol. The maximum absolute atomic E-state index is 13.1. The number of primary amides is 1. The Hall–Kier alpha value is -2.66. The van der Waals surface area contributed by atoms with Gasteiger partial charge < -0.3 is 16.0 Å². The van der Waals surface area contributed by atoms with Crippen molar-refractivity contribution in [3.63, 3.8) is 0 Å². The molecule has 2 amide bonds. The molecule has 0 atom stereocenters. The Morgan fingerprint density at radius 2 is 1.76 bits per heavy atom. The van der Waals surface area contributed by atoms with E-state index < -0.39 is 5.91 Å². The third-order valence-corrected chi connectivity index (χ3v) is 5.43. The minimum absolute atomic E-state index is 0.0940. The Morgan fingerprint density at radius 1 is 1.08 bits per heavy atom. The van der Waals surface area contributed by atoms with Crippen molar-refractivity contribution in [2.24, 2.45) is 5.73 Å². The summed E-state index contributed by atoms with van der Waals surface area (Å²) in [5.74, 6) is -0.345. The van der Waals surface area contributed by atoms with E-state index in [1.807, 2.05) is 35.2 Å². The van der Waals surface area contributed by atoms with Crippen molar-refractivity contribution in [3.8, 4) is 0 Å². The minimum Gasteiger partial charge on any atom is -0.366 e. The zero-order chi connectivity index (χ0) is 17.4. The van der Waals surface area contributed by atoms with Crippen molar-refractivity contribution in [2.75, 3.05) is 13.1 Å². The van der Waals surface area contributed by atoms with Gasteiger partial charge in [-0.05, 0) is 55.3 Å². The molecule has 4 rings (SSSR count). The van der Waals surface area contributed by atoms with Crippen molar-refractivity contribution in [3.05, 3.63) is 70.8 Å². The standard InChI is InChI=1S/C20H21N3O2/c21-18(24)15-7-5-14(6-8-15)13-23-19(25)16-3-1-2-4-17(16)20(23)9-11-22-12-10-20/h1-8,22H,9-13H2,(H2,21,24). The van der Waals surface area contributed by atoms with Crippen molar-refractivity contribution >= 4 is 11.8 Å². The fourth-order valence-corrected chi connectivity index (χ4v) is 4.12. The van der Waals surface area contributed by atoms with Gasteiger partial charge in [0.25, 0.3) is 5.91 Å². The number of carbonyl (C=O) groups is 2. The van der Waals surface area contributed by atoms with E-state index in [0.29, 0.717) is 12.1 Å². The molecule has 1 saturated heterocycles. The van der Waals surface area contributed by atoms with Gasteiger partial charge >= 0.3 is 0 Å². The predicted molar refractivity (Wildman–Crippen MR) is 95.1 cm³/mol. The van der Waals surface area contributed by atoms with Crippen LogP contribution in [-0.2, 0) is 12.1 Å². The summed E-state index contributed by atoms with van der Waals surface area (Å²) < 4.78 is 0. The van der Waals surface area contributed by atoms with Gasteiger partial charge in [0.1, 0.15) is 0 Å². The SMILES string of the molecule is NC(=O)c1ccc(CN2C(=O)c3ccccc3C23CCNCC3)cc1. The van der Waals surface area contributed by atoms with Gasteiger partial charge in [0.2, 0.25) is 5.91 Å². The molecule has 0 bridgehead atoms. The fourth-order valence-electron chi connectivity index (χ4n) is 4.12. The molecule has 0 aromatic heterocycles. The molecular weight excluding hydrogens is 314 g/mol. The molecule has 0 unspecified atom stereocenters. The van der Waals surface area contributed by atoms with E-state index in [9.17, 15) is 9.59 Å². The lowest BCUT2D eigenvalue weighted by molar-refractivity contribution is 0.0413. The first-order valence-corrected chi connectivity index (χ1v) is 8.63. The van der Waals surface area contributed by atoms with Crippen LogP contribution in [0.2, 0.25) is 0 Å². The molecule has 3 N–H and O–H groups in total. The summed E-state index contributed by atoms with van der Waals surface area (Å²) >= 11 is 0. The molecule has 0 aliphatic carbocycles. The molecule has 2 aromatic rings. The summed E-state index contributed by atoms with van der Waals surface area (Å²) in [5.41, 5.74) is 8.53. The van der Waals surface area contributed by atoms with E-state index in [2.05, 4.69) is 11.4 Å². The number of fused-ring (bicyclic) bond motifs is 2. The van der Waals surface area contributed by atoms with E-state index >= 15 is 0 Å². The lowest BCUT2D eigenvalue weighted by atomic mass is 9.81. The van der Waals surface area contributed by atoms with Crippen molar-refractivity contribution in [1.82, 2.24) is 10.2 Å². The van der Waals surface area contributed by atoms with Crippen LogP contribution in [-0.4, -0.2) is 29.8 Å². The van der Waals surface area contributed by atoms with Crippen molar-refractivity contribution in [1.29, 1.82) is 0 Å². The number of hydrogen-bond donors (Lipinski definition) is 2. The molecule has 1 fully saturated rings. The fraction of sp³-hybridized carbons (Fsp3) is 0.300. The minimum atomic E-state index is -0.439. The molecule has 2 heterocycles. The summed E-state index contributed by atoms with van der Waals surface area (Å²) in [6, 6.07) is 15.2. The molecule has 2 aliphatic rings. The average Bonchev–Trinajstić information content (AvgIpc) is 2.86. The Bertz CT molecular complexity index is 823. The number of nitrogens with two attached hydrogens (primary N) is 1. The number of hydrogen-bond acceptors (Lipinski definition) is 3. The molecule has 0 saturated carbocycles. The second-order valence-corrected chi connectivity index (χ2v) is 6.78. The number of piperidine rings is 1. The third kappa shape index (κ3) is 2.51. The quantitative estimate of drug-likeness (QED) is 0.901. The first-order chi connectivity index (χ1) is 12.1. The number of amides is 2. The Labute approximate surface area is 146 Å². The smallest absolute Gasteiger partial charge is 0.255 e. The lowest BCUT2D eigenvalue weighted by Crippen LogP contribution is -2.49. The van der Waals surface area contributed by atoms with E-state index in [-0.39, 0.29) is 11.4 Å². The second kappa shape index (κ2) is 6.01. The Balaban J connectivity index is 1.70. The van der Waals surface area contributed by atoms with Crippen LogP contribution in [0.3, 0.4) is 0 Å². The van der Waals surface area contributed by atoms with Crippen molar-refractivity contribution in [2.45, 2.75) is 24.9 Å². The van der Waals surface area contributed by atoms with Gasteiger partial charge in [-0.2, -0.15) is 0 Å². The van der Waals surface area contributed by atoms with Crippen LogP contribution in [0.15, 0.2) is 48.5 Å². The molecule has 128 valence electrons. The van der Waals surface area contributed by atoms with Gasteiger partial charge in [-0.3, -0.25) is 9.59 Å². The van der Waals surface area contributed by atoms with E-state index in [1.54, 1.807) is 12.1 Å². The summed E-state index contributed by atoms with van der Waals surface area (Å²) in [5, 5.41) is 3.40. The average molecular weight is 335 g/mol. The number of rotatable bonds is 3. The van der Waals surface area contributed by atoms with Gasteiger partial charge in [-0.15, -0.1) is 0 Å². The highest BCUT2D eigenvalue weighted by Crippen LogP contribution is 2.45. The molecule has 0 radical (unpaired) electrons. The highest BCUT2D eigenvalue weighted by atomic mass is 16.2. The topological polar surface area (TPSA) is 75.4 Å². The van der Waals surface area contributed by atoms with Gasteiger partial charge in [-0.1, -0.05) is 30.3 Å². The normalized spacial score (nSPS) is 18.4. The predicted octanol–water partition coefficient (Wildman–Crippen LogP) is 2.02. The first-order valence-electron chi connectivity index (χ1n) is 8.63. The van der Waals surface area contributed by atoms with Crippen LogP contribution in [0.25, 0.3) is 0 Å². The van der Waals surface area contributed by atoms with Crippen LogP contribution in [0.1, 0.15) is 44.7 Å². The first kappa shape index (κ1) is 15.8. The molecule has 2 aromatic carbocycles. The summed E-state index contributed by atoms with van der Waals surface area (Å²) in [4.78, 5) is 26.3. The zero-order valence-electron chi connectivity index (χ0n) is 14.0. The molecule has 25 heavy (non-hydrogen) atoms. The third-order valence-electron chi connectivity index (χ3n) is 5.43. The van der Waals surface area contributed by atoms with E-state index in [1.165, 1.54) is 0 Å². The van der Waals surface area contributed by atoms with E-state index in [0.717, 1.165) is 42.6 Å². The second-order valence-electron chi connectivity index (χ2n) is 6.78. The maximum Gasteiger partial charge on any atom is 0.255 e. The highest BCUT2D eigenvalue weighted by molar-refractivity contribution is 6.00. The van der Waals surface area contributed by atoms with Crippen molar-refractivity contribution < 1.29 is 9.59 Å². The number of benzene rings is 2. The maximum atomic E-state index is 13.1. The van der Waals surface area contributed by atoms with Crippen LogP contribution < -0.4 is 11.1 Å².